The van der Waals surface area contributed by atoms with Gasteiger partial charge in [0, 0.05) is 40.7 Å². The van der Waals surface area contributed by atoms with E-state index in [1.165, 1.54) is 0 Å². The number of aromatic nitrogens is 3. The minimum atomic E-state index is 0.606. The molecule has 0 spiro atoms. The fourth-order valence-electron chi connectivity index (χ4n) is 2.35. The van der Waals surface area contributed by atoms with E-state index in [0.29, 0.717) is 5.95 Å². The highest BCUT2D eigenvalue weighted by molar-refractivity contribution is 14.1. The Bertz CT molecular complexity index is 854. The number of nitrogens with one attached hydrogen (secondary N) is 2. The standard InChI is InChI=1S/C19H21IN6/c1-26(2)12-11-22-19-24-17(14-7-9-21-10-8-14)13-18(25-19)23-16-6-4-3-5-15(16)20/h3-10,13H,11-12H2,1-2H3,(H2,22,23,24,25). The van der Waals surface area contributed by atoms with E-state index in [2.05, 4.69) is 59.1 Å². The van der Waals surface area contributed by atoms with Gasteiger partial charge in [0.05, 0.1) is 11.4 Å². The zero-order valence-electron chi connectivity index (χ0n) is 14.8. The van der Waals surface area contributed by atoms with Crippen molar-refractivity contribution in [2.75, 3.05) is 37.8 Å². The molecule has 3 rings (SSSR count). The van der Waals surface area contributed by atoms with Gasteiger partial charge in [0.25, 0.3) is 0 Å². The van der Waals surface area contributed by atoms with Crippen molar-refractivity contribution < 1.29 is 0 Å². The molecule has 2 aromatic heterocycles. The van der Waals surface area contributed by atoms with Crippen molar-refractivity contribution in [3.8, 4) is 11.3 Å². The first-order valence-electron chi connectivity index (χ1n) is 8.31. The average Bonchev–Trinajstić information content (AvgIpc) is 2.64. The molecule has 26 heavy (non-hydrogen) atoms. The first kappa shape index (κ1) is 18.5. The van der Waals surface area contributed by atoms with Crippen LogP contribution in [0, 0.1) is 3.57 Å². The molecule has 2 N–H and O–H groups in total. The molecule has 134 valence electrons. The number of rotatable bonds is 7. The molecule has 0 saturated carbocycles. The van der Waals surface area contributed by atoms with E-state index in [0.717, 1.165) is 39.4 Å². The van der Waals surface area contributed by atoms with Gasteiger partial charge in [0.15, 0.2) is 0 Å². The molecule has 6 nitrogen and oxygen atoms in total. The van der Waals surface area contributed by atoms with Gasteiger partial charge < -0.3 is 15.5 Å². The number of anilines is 3. The molecule has 0 amide bonds. The number of nitrogens with zero attached hydrogens (tertiary/aromatic N) is 4. The SMILES string of the molecule is CN(C)CCNc1nc(Nc2ccccc2I)cc(-c2ccncc2)n1. The van der Waals surface area contributed by atoms with Crippen molar-refractivity contribution in [1.82, 2.24) is 19.9 Å². The van der Waals surface area contributed by atoms with Gasteiger partial charge in [-0.3, -0.25) is 4.98 Å². The van der Waals surface area contributed by atoms with Crippen molar-refractivity contribution in [2.24, 2.45) is 0 Å². The lowest BCUT2D eigenvalue weighted by molar-refractivity contribution is 0.425. The lowest BCUT2D eigenvalue weighted by Crippen LogP contribution is -2.21. The summed E-state index contributed by atoms with van der Waals surface area (Å²) >= 11 is 2.31. The van der Waals surface area contributed by atoms with E-state index in [9.17, 15) is 0 Å². The summed E-state index contributed by atoms with van der Waals surface area (Å²) in [6.45, 7) is 1.68. The summed E-state index contributed by atoms with van der Waals surface area (Å²) in [5.41, 5.74) is 2.87. The van der Waals surface area contributed by atoms with Crippen LogP contribution in [0.2, 0.25) is 0 Å². The molecular formula is C19H21IN6. The maximum Gasteiger partial charge on any atom is 0.225 e. The van der Waals surface area contributed by atoms with Crippen LogP contribution < -0.4 is 10.6 Å². The second-order valence-electron chi connectivity index (χ2n) is 6.03. The Morgan fingerprint density at radius 1 is 1.04 bits per heavy atom. The van der Waals surface area contributed by atoms with Gasteiger partial charge in [-0.2, -0.15) is 4.98 Å². The average molecular weight is 460 g/mol. The smallest absolute Gasteiger partial charge is 0.225 e. The second-order valence-corrected chi connectivity index (χ2v) is 7.20. The number of hydrogen-bond donors (Lipinski definition) is 2. The fourth-order valence-corrected chi connectivity index (χ4v) is 2.87. The quantitative estimate of drug-likeness (QED) is 0.523. The predicted molar refractivity (Wildman–Crippen MR) is 115 cm³/mol. The minimum absolute atomic E-state index is 0.606. The molecule has 0 atom stereocenters. The molecular weight excluding hydrogens is 439 g/mol. The van der Waals surface area contributed by atoms with Crippen LogP contribution in [0.1, 0.15) is 0 Å². The molecule has 2 heterocycles. The molecule has 0 saturated heterocycles. The maximum absolute atomic E-state index is 4.65. The lowest BCUT2D eigenvalue weighted by atomic mass is 10.2. The topological polar surface area (TPSA) is 66.0 Å². The van der Waals surface area contributed by atoms with E-state index in [-0.39, 0.29) is 0 Å². The van der Waals surface area contributed by atoms with Crippen LogP contribution in [0.3, 0.4) is 0 Å². The minimum Gasteiger partial charge on any atom is -0.353 e. The highest BCUT2D eigenvalue weighted by atomic mass is 127. The highest BCUT2D eigenvalue weighted by Gasteiger charge is 2.08. The van der Waals surface area contributed by atoms with Gasteiger partial charge >= 0.3 is 0 Å². The Morgan fingerprint density at radius 2 is 1.81 bits per heavy atom. The number of halogens is 1. The van der Waals surface area contributed by atoms with E-state index in [1.807, 2.05) is 50.5 Å². The Balaban J connectivity index is 1.90. The summed E-state index contributed by atoms with van der Waals surface area (Å²) < 4.78 is 1.14. The van der Waals surface area contributed by atoms with Gasteiger partial charge in [0.2, 0.25) is 5.95 Å². The normalized spacial score (nSPS) is 10.8. The van der Waals surface area contributed by atoms with Crippen LogP contribution in [0.4, 0.5) is 17.5 Å². The summed E-state index contributed by atoms with van der Waals surface area (Å²) in [6, 6.07) is 14.0. The fraction of sp³-hybridized carbons (Fsp3) is 0.211. The summed E-state index contributed by atoms with van der Waals surface area (Å²) in [5.74, 6) is 1.36. The largest absolute Gasteiger partial charge is 0.353 e. The maximum atomic E-state index is 4.65. The Hall–Kier alpha value is -2.26. The Morgan fingerprint density at radius 3 is 2.54 bits per heavy atom. The molecule has 7 heteroatoms. The molecule has 1 aromatic carbocycles. The zero-order valence-corrected chi connectivity index (χ0v) is 16.9. The zero-order chi connectivity index (χ0) is 18.4. The lowest BCUT2D eigenvalue weighted by Gasteiger charge is -2.14. The molecule has 0 fully saturated rings. The summed E-state index contributed by atoms with van der Waals surface area (Å²) in [7, 11) is 4.08. The van der Waals surface area contributed by atoms with Gasteiger partial charge in [-0.15, -0.1) is 0 Å². The third-order valence-electron chi connectivity index (χ3n) is 3.68. The molecule has 0 aliphatic carbocycles. The Labute approximate surface area is 167 Å². The van der Waals surface area contributed by atoms with E-state index in [4.69, 9.17) is 0 Å². The first-order valence-corrected chi connectivity index (χ1v) is 9.39. The van der Waals surface area contributed by atoms with Crippen LogP contribution in [-0.4, -0.2) is 47.0 Å². The number of pyridine rings is 1. The van der Waals surface area contributed by atoms with Crippen LogP contribution in [0.15, 0.2) is 54.9 Å². The van der Waals surface area contributed by atoms with E-state index in [1.54, 1.807) is 12.4 Å². The van der Waals surface area contributed by atoms with Gasteiger partial charge in [-0.25, -0.2) is 4.98 Å². The Kier molecular flexibility index (Phi) is 6.35. The van der Waals surface area contributed by atoms with Crippen LogP contribution >= 0.6 is 22.6 Å². The molecule has 0 unspecified atom stereocenters. The molecule has 0 aliphatic rings. The first-order chi connectivity index (χ1) is 12.6. The third kappa shape index (κ3) is 5.12. The van der Waals surface area contributed by atoms with E-state index >= 15 is 0 Å². The van der Waals surface area contributed by atoms with Crippen molar-refractivity contribution >= 4 is 40.0 Å². The summed E-state index contributed by atoms with van der Waals surface area (Å²) in [5, 5.41) is 6.70. The van der Waals surface area contributed by atoms with Crippen molar-refractivity contribution in [3.05, 3.63) is 58.4 Å². The molecule has 0 bridgehead atoms. The number of hydrogen-bond acceptors (Lipinski definition) is 6. The second kappa shape index (κ2) is 8.91. The predicted octanol–water partition coefficient (Wildman–Crippen LogP) is 3.86. The van der Waals surface area contributed by atoms with Gasteiger partial charge in [-0.05, 0) is 61.0 Å². The summed E-state index contributed by atoms with van der Waals surface area (Å²) in [4.78, 5) is 15.5. The van der Waals surface area contributed by atoms with Crippen molar-refractivity contribution in [3.63, 3.8) is 0 Å². The van der Waals surface area contributed by atoms with Crippen molar-refractivity contribution in [2.45, 2.75) is 0 Å². The number of likely N-dealkylation sites (N-methyl/N-ethyl adjacent to an activating group) is 1. The highest BCUT2D eigenvalue weighted by Crippen LogP contribution is 2.25. The van der Waals surface area contributed by atoms with Crippen LogP contribution in [0.25, 0.3) is 11.3 Å². The molecule has 0 aliphatic heterocycles. The number of para-hydroxylation sites is 1. The monoisotopic (exact) mass is 460 g/mol. The van der Waals surface area contributed by atoms with Crippen molar-refractivity contribution in [1.29, 1.82) is 0 Å². The number of benzene rings is 1. The van der Waals surface area contributed by atoms with Gasteiger partial charge in [0.1, 0.15) is 5.82 Å². The third-order valence-corrected chi connectivity index (χ3v) is 4.62. The summed E-state index contributed by atoms with van der Waals surface area (Å²) in [6.07, 6.45) is 3.54. The van der Waals surface area contributed by atoms with Crippen LogP contribution in [0.5, 0.6) is 0 Å². The van der Waals surface area contributed by atoms with Gasteiger partial charge in [-0.1, -0.05) is 12.1 Å². The molecule has 3 aromatic rings. The van der Waals surface area contributed by atoms with E-state index < -0.39 is 0 Å². The molecule has 0 radical (unpaired) electrons. The van der Waals surface area contributed by atoms with Crippen LogP contribution in [-0.2, 0) is 0 Å².